The number of ether oxygens (including phenoxy) is 3. The zero-order valence-corrected chi connectivity index (χ0v) is 26.1. The highest BCUT2D eigenvalue weighted by Crippen LogP contribution is 2.70. The molecular weight excluding hydrogens is 599 g/mol. The van der Waals surface area contributed by atoms with Crippen LogP contribution in [0, 0.1) is 52.3 Å². The summed E-state index contributed by atoms with van der Waals surface area (Å²) >= 11 is 2.49. The van der Waals surface area contributed by atoms with E-state index in [1.807, 2.05) is 0 Å². The molecule has 4 fully saturated rings. The molecule has 0 aliphatic heterocycles. The van der Waals surface area contributed by atoms with Gasteiger partial charge in [0.2, 0.25) is 0 Å². The van der Waals surface area contributed by atoms with Gasteiger partial charge in [-0.3, -0.25) is 9.59 Å². The van der Waals surface area contributed by atoms with Crippen LogP contribution in [-0.2, 0) is 23.8 Å². The fourth-order valence-corrected chi connectivity index (χ4v) is 11.0. The average molecular weight is 647 g/mol. The van der Waals surface area contributed by atoms with Gasteiger partial charge >= 0.3 is 12.1 Å². The summed E-state index contributed by atoms with van der Waals surface area (Å²) in [6, 6.07) is 0. The monoisotopic (exact) mass is 646 g/mol. The molecule has 0 aromatic heterocycles. The molecule has 7 nitrogen and oxygen atoms in total. The summed E-state index contributed by atoms with van der Waals surface area (Å²) < 4.78 is 15.6. The van der Waals surface area contributed by atoms with Crippen molar-refractivity contribution in [2.45, 2.75) is 102 Å². The van der Waals surface area contributed by atoms with Gasteiger partial charge in [0.15, 0.2) is 0 Å². The fourth-order valence-electron chi connectivity index (χ4n) is 9.66. The number of alkyl halides is 1. The summed E-state index contributed by atoms with van der Waals surface area (Å²) in [5.74, 6) is 0.783. The van der Waals surface area contributed by atoms with Crippen LogP contribution < -0.4 is 0 Å². The van der Waals surface area contributed by atoms with Gasteiger partial charge in [-0.2, -0.15) is 0 Å². The molecule has 216 valence electrons. The smallest absolute Gasteiger partial charge is 0.469 e. The second-order valence-electron chi connectivity index (χ2n) is 12.9. The molecular formula is C30H47IO7. The minimum atomic E-state index is -0.631. The predicted octanol–water partition coefficient (Wildman–Crippen LogP) is 5.98. The van der Waals surface area contributed by atoms with Crippen molar-refractivity contribution >= 4 is 40.5 Å². The lowest BCUT2D eigenvalue weighted by Crippen LogP contribution is -2.68. The Hall–Kier alpha value is -0.900. The van der Waals surface area contributed by atoms with E-state index in [-0.39, 0.29) is 63.0 Å². The standard InChI is InChI=1S/C30H47IO7/c1-7-18-21-15-17(38-28(35)37-8-2)13-14-29(21,4)24-23(25(18)33)20-11-10-19(16(3)9-12-22(32)36-6)30(20,5)27(31)26(24)34/h16-21,23-24,26-27,34H,7-15H2,1-6H3/t16?,17-,18-,19-,20+,21+,23+,24-,26-,27?,29+,30-/m1/s1. The Morgan fingerprint density at radius 2 is 1.87 bits per heavy atom. The van der Waals surface area contributed by atoms with E-state index >= 15 is 0 Å². The first-order valence-corrected chi connectivity index (χ1v) is 16.0. The second kappa shape index (κ2) is 11.5. The van der Waals surface area contributed by atoms with Gasteiger partial charge in [-0.05, 0) is 86.4 Å². The van der Waals surface area contributed by atoms with E-state index in [0.29, 0.717) is 30.5 Å². The van der Waals surface area contributed by atoms with Gasteiger partial charge in [-0.1, -0.05) is 50.3 Å². The third-order valence-corrected chi connectivity index (χ3v) is 13.5. The highest BCUT2D eigenvalue weighted by atomic mass is 127. The van der Waals surface area contributed by atoms with Crippen LogP contribution in [0.3, 0.4) is 0 Å². The molecule has 0 amide bonds. The summed E-state index contributed by atoms with van der Waals surface area (Å²) in [5, 5.41) is 12.1. The zero-order chi connectivity index (χ0) is 28.0. The number of carbonyl (C=O) groups is 3. The molecule has 1 N–H and O–H groups in total. The van der Waals surface area contributed by atoms with E-state index in [2.05, 4.69) is 50.3 Å². The number of hydrogen-bond donors (Lipinski definition) is 1. The molecule has 0 spiro atoms. The number of Topliss-reactive ketones (excluding diaryl/α,β-unsaturated/α-hetero) is 1. The second-order valence-corrected chi connectivity index (χ2v) is 14.3. The Labute approximate surface area is 241 Å². The number of fused-ring (bicyclic) bond motifs is 5. The highest BCUT2D eigenvalue weighted by Gasteiger charge is 2.70. The SMILES string of the molecule is CCOC(=O)O[C@@H]1CC[C@]2(C)[C@@H]3[C@@H](C(=O)[C@H](CC)[C@@H]2C1)[C@@H]1CC[C@H](C(C)CCC(=O)OC)[C@@]1(C)C(I)[C@@H]3O. The third kappa shape index (κ3) is 4.81. The van der Waals surface area contributed by atoms with Crippen molar-refractivity contribution in [2.24, 2.45) is 52.3 Å². The van der Waals surface area contributed by atoms with E-state index < -0.39 is 12.3 Å². The van der Waals surface area contributed by atoms with E-state index in [1.165, 1.54) is 7.11 Å². The Morgan fingerprint density at radius 1 is 1.16 bits per heavy atom. The van der Waals surface area contributed by atoms with Gasteiger partial charge in [-0.25, -0.2) is 4.79 Å². The molecule has 0 heterocycles. The van der Waals surface area contributed by atoms with Crippen molar-refractivity contribution in [1.29, 1.82) is 0 Å². The maximum absolute atomic E-state index is 14.4. The largest absolute Gasteiger partial charge is 0.508 e. The van der Waals surface area contributed by atoms with Crippen molar-refractivity contribution in [1.82, 2.24) is 0 Å². The van der Waals surface area contributed by atoms with Crippen LogP contribution in [0.2, 0.25) is 0 Å². The maximum atomic E-state index is 14.4. The topological polar surface area (TPSA) is 99.1 Å². The Morgan fingerprint density at radius 3 is 2.50 bits per heavy atom. The van der Waals surface area contributed by atoms with Crippen LogP contribution in [0.5, 0.6) is 0 Å². The van der Waals surface area contributed by atoms with Crippen LogP contribution in [0.15, 0.2) is 0 Å². The molecule has 0 saturated heterocycles. The molecule has 4 saturated carbocycles. The van der Waals surface area contributed by atoms with E-state index in [1.54, 1.807) is 6.92 Å². The molecule has 0 aromatic rings. The van der Waals surface area contributed by atoms with Crippen LogP contribution >= 0.6 is 22.6 Å². The zero-order valence-electron chi connectivity index (χ0n) is 23.9. The van der Waals surface area contributed by atoms with E-state index in [9.17, 15) is 19.5 Å². The number of esters is 1. The molecule has 0 bridgehead atoms. The summed E-state index contributed by atoms with van der Waals surface area (Å²) in [6.45, 7) is 11.0. The van der Waals surface area contributed by atoms with Gasteiger partial charge in [0, 0.05) is 28.1 Å². The van der Waals surface area contributed by atoms with Crippen molar-refractivity contribution < 1.29 is 33.7 Å². The summed E-state index contributed by atoms with van der Waals surface area (Å²) in [5.41, 5.74) is -0.357. The molecule has 0 aromatic carbocycles. The lowest BCUT2D eigenvalue weighted by molar-refractivity contribution is -0.194. The van der Waals surface area contributed by atoms with Crippen LogP contribution in [0.25, 0.3) is 0 Å². The average Bonchev–Trinajstić information content (AvgIpc) is 3.24. The Bertz CT molecular complexity index is 909. The number of ketones is 1. The number of methoxy groups -OCH3 is 1. The molecule has 2 unspecified atom stereocenters. The molecule has 12 atom stereocenters. The molecule has 4 aliphatic rings. The molecule has 38 heavy (non-hydrogen) atoms. The van der Waals surface area contributed by atoms with Crippen molar-refractivity contribution in [3.63, 3.8) is 0 Å². The quantitative estimate of drug-likeness (QED) is 0.207. The normalized spacial score (nSPS) is 44.8. The van der Waals surface area contributed by atoms with Crippen molar-refractivity contribution in [3.8, 4) is 0 Å². The summed E-state index contributed by atoms with van der Waals surface area (Å²) in [6.07, 6.45) is 4.70. The lowest BCUT2D eigenvalue weighted by Gasteiger charge is -2.65. The first-order chi connectivity index (χ1) is 17.9. The first-order valence-electron chi connectivity index (χ1n) is 14.7. The van der Waals surface area contributed by atoms with Crippen molar-refractivity contribution in [2.75, 3.05) is 13.7 Å². The maximum Gasteiger partial charge on any atom is 0.508 e. The van der Waals surface area contributed by atoms with Gasteiger partial charge in [0.25, 0.3) is 0 Å². The van der Waals surface area contributed by atoms with Crippen molar-refractivity contribution in [3.05, 3.63) is 0 Å². The minimum Gasteiger partial charge on any atom is -0.469 e. The summed E-state index contributed by atoms with van der Waals surface area (Å²) in [7, 11) is 1.43. The Kier molecular flexibility index (Phi) is 9.13. The van der Waals surface area contributed by atoms with Gasteiger partial charge in [-0.15, -0.1) is 0 Å². The molecule has 8 heteroatoms. The van der Waals surface area contributed by atoms with Crippen LogP contribution in [0.4, 0.5) is 4.79 Å². The van der Waals surface area contributed by atoms with E-state index in [0.717, 1.165) is 38.5 Å². The summed E-state index contributed by atoms with van der Waals surface area (Å²) in [4.78, 5) is 38.3. The first kappa shape index (κ1) is 30.1. The number of hydrogen-bond acceptors (Lipinski definition) is 7. The van der Waals surface area contributed by atoms with Crippen LogP contribution in [0.1, 0.15) is 86.0 Å². The fraction of sp³-hybridized carbons (Fsp3) is 0.900. The number of aliphatic hydroxyl groups is 1. The third-order valence-electron chi connectivity index (χ3n) is 11.5. The van der Waals surface area contributed by atoms with Crippen LogP contribution in [-0.4, -0.2) is 52.9 Å². The Balaban J connectivity index is 1.63. The predicted molar refractivity (Wildman–Crippen MR) is 152 cm³/mol. The highest BCUT2D eigenvalue weighted by molar-refractivity contribution is 14.1. The van der Waals surface area contributed by atoms with Gasteiger partial charge in [0.05, 0.1) is 19.8 Å². The van der Waals surface area contributed by atoms with Gasteiger partial charge in [0.1, 0.15) is 11.9 Å². The molecule has 4 aliphatic carbocycles. The number of rotatable bonds is 7. The van der Waals surface area contributed by atoms with Gasteiger partial charge < -0.3 is 19.3 Å². The molecule has 4 rings (SSSR count). The minimum absolute atomic E-state index is 0.0244. The van der Waals surface area contributed by atoms with E-state index in [4.69, 9.17) is 14.2 Å². The molecule has 0 radical (unpaired) electrons. The number of halogens is 1. The lowest BCUT2D eigenvalue weighted by atomic mass is 9.41. The number of aliphatic hydroxyl groups excluding tert-OH is 1. The number of carbonyl (C=O) groups excluding carboxylic acids is 3.